The van der Waals surface area contributed by atoms with Crippen LogP contribution in [0.5, 0.6) is 11.5 Å². The molecule has 0 saturated carbocycles. The summed E-state index contributed by atoms with van der Waals surface area (Å²) in [5.41, 5.74) is 7.96. The molecule has 1 aliphatic heterocycles. The molecule has 0 amide bonds. The van der Waals surface area contributed by atoms with Gasteiger partial charge in [0.15, 0.2) is 0 Å². The molecule has 1 aromatic heterocycles. The molecule has 0 unspecified atom stereocenters. The molecule has 4 rings (SSSR count). The number of nitrogens with two attached hydrogens (primary N) is 1. The quantitative estimate of drug-likeness (QED) is 0.719. The first-order chi connectivity index (χ1) is 11.7. The van der Waals surface area contributed by atoms with E-state index in [9.17, 15) is 10.4 Å². The Morgan fingerprint density at radius 2 is 2.04 bits per heavy atom. The number of aromatic nitrogens is 1. The molecule has 0 fully saturated rings. The smallest absolute Gasteiger partial charge is 0.205 e. The van der Waals surface area contributed by atoms with Crippen LogP contribution in [-0.2, 0) is 0 Å². The van der Waals surface area contributed by atoms with Crippen LogP contribution in [0, 0.1) is 11.3 Å². The fourth-order valence-corrected chi connectivity index (χ4v) is 3.16. The third kappa shape index (κ3) is 2.05. The standard InChI is InChI=1S/C19H13N3O2/c20-9-15-17(12-2-1-7-22-10-12)18-14-8-13(23)5-3-11(14)4-6-16(18)24-19(15)21/h1-8,10,17,23H,21H2/t17-/m1/s1. The van der Waals surface area contributed by atoms with Crippen molar-refractivity contribution in [1.29, 1.82) is 5.26 Å². The summed E-state index contributed by atoms with van der Waals surface area (Å²) in [6.45, 7) is 0. The van der Waals surface area contributed by atoms with E-state index in [1.807, 2.05) is 30.3 Å². The highest BCUT2D eigenvalue weighted by atomic mass is 16.5. The maximum Gasteiger partial charge on any atom is 0.205 e. The highest BCUT2D eigenvalue weighted by Crippen LogP contribution is 2.45. The van der Waals surface area contributed by atoms with E-state index in [1.54, 1.807) is 24.5 Å². The van der Waals surface area contributed by atoms with E-state index < -0.39 is 5.92 Å². The number of aromatic hydroxyl groups is 1. The Morgan fingerprint density at radius 3 is 2.79 bits per heavy atom. The number of ether oxygens (including phenoxy) is 1. The van der Waals surface area contributed by atoms with Crippen molar-refractivity contribution in [2.75, 3.05) is 0 Å². The zero-order valence-electron chi connectivity index (χ0n) is 12.6. The number of phenols is 1. The molecule has 0 bridgehead atoms. The van der Waals surface area contributed by atoms with Crippen LogP contribution in [0.4, 0.5) is 0 Å². The predicted molar refractivity (Wildman–Crippen MR) is 89.1 cm³/mol. The zero-order valence-corrected chi connectivity index (χ0v) is 12.6. The lowest BCUT2D eigenvalue weighted by molar-refractivity contribution is 0.395. The Balaban J connectivity index is 2.09. The Labute approximate surface area is 138 Å². The first-order valence-electron chi connectivity index (χ1n) is 7.42. The number of pyridine rings is 1. The number of phenolic OH excluding ortho intramolecular Hbond substituents is 1. The molecular formula is C19H13N3O2. The lowest BCUT2D eigenvalue weighted by atomic mass is 9.82. The van der Waals surface area contributed by atoms with Crippen molar-refractivity contribution >= 4 is 10.8 Å². The van der Waals surface area contributed by atoms with E-state index >= 15 is 0 Å². The van der Waals surface area contributed by atoms with Gasteiger partial charge < -0.3 is 15.6 Å². The van der Waals surface area contributed by atoms with Crippen LogP contribution < -0.4 is 10.5 Å². The molecule has 1 aliphatic rings. The first-order valence-corrected chi connectivity index (χ1v) is 7.42. The van der Waals surface area contributed by atoms with Gasteiger partial charge in [-0.3, -0.25) is 4.98 Å². The van der Waals surface area contributed by atoms with Crippen LogP contribution in [-0.4, -0.2) is 10.1 Å². The maximum atomic E-state index is 9.91. The number of nitriles is 1. The van der Waals surface area contributed by atoms with Gasteiger partial charge in [0.25, 0.3) is 0 Å². The molecule has 24 heavy (non-hydrogen) atoms. The molecular weight excluding hydrogens is 302 g/mol. The second-order valence-electron chi connectivity index (χ2n) is 5.59. The summed E-state index contributed by atoms with van der Waals surface area (Å²) in [6.07, 6.45) is 3.39. The van der Waals surface area contributed by atoms with E-state index in [0.29, 0.717) is 11.3 Å². The molecule has 2 heterocycles. The minimum absolute atomic E-state index is 0.0957. The molecule has 0 saturated heterocycles. The highest BCUT2D eigenvalue weighted by molar-refractivity contribution is 5.91. The number of nitrogens with zero attached hydrogens (tertiary/aromatic N) is 2. The fraction of sp³-hybridized carbons (Fsp3) is 0.0526. The number of fused-ring (bicyclic) bond motifs is 3. The summed E-state index contributed by atoms with van der Waals surface area (Å²) in [7, 11) is 0. The SMILES string of the molecule is N#CC1=C(N)Oc2ccc3ccc(O)cc3c2[C@@H]1c1cccnc1. The van der Waals surface area contributed by atoms with Crippen molar-refractivity contribution in [3.63, 3.8) is 0 Å². The zero-order chi connectivity index (χ0) is 16.7. The van der Waals surface area contributed by atoms with Gasteiger partial charge in [0.05, 0.1) is 5.92 Å². The molecule has 5 nitrogen and oxygen atoms in total. The number of hydrogen-bond donors (Lipinski definition) is 2. The third-order valence-electron chi connectivity index (χ3n) is 4.21. The summed E-state index contributed by atoms with van der Waals surface area (Å²) in [4.78, 5) is 4.16. The summed E-state index contributed by atoms with van der Waals surface area (Å²) in [5.74, 6) is 0.441. The number of benzene rings is 2. The van der Waals surface area contributed by atoms with Gasteiger partial charge in [0.2, 0.25) is 5.88 Å². The van der Waals surface area contributed by atoms with E-state index in [4.69, 9.17) is 10.5 Å². The van der Waals surface area contributed by atoms with Crippen molar-refractivity contribution in [3.05, 3.63) is 77.4 Å². The molecule has 3 aromatic rings. The summed E-state index contributed by atoms with van der Waals surface area (Å²) < 4.78 is 5.67. The highest BCUT2D eigenvalue weighted by Gasteiger charge is 2.32. The monoisotopic (exact) mass is 315 g/mol. The van der Waals surface area contributed by atoms with Crippen LogP contribution in [0.1, 0.15) is 17.0 Å². The van der Waals surface area contributed by atoms with Crippen LogP contribution in [0.15, 0.2) is 66.3 Å². The average molecular weight is 315 g/mol. The Bertz CT molecular complexity index is 1020. The van der Waals surface area contributed by atoms with Crippen molar-refractivity contribution in [3.8, 4) is 17.6 Å². The van der Waals surface area contributed by atoms with E-state index in [0.717, 1.165) is 21.9 Å². The van der Waals surface area contributed by atoms with Gasteiger partial charge >= 0.3 is 0 Å². The van der Waals surface area contributed by atoms with E-state index in [-0.39, 0.29) is 11.6 Å². The Kier molecular flexibility index (Phi) is 3.10. The lowest BCUT2D eigenvalue weighted by Crippen LogP contribution is -2.21. The normalized spacial score (nSPS) is 16.4. The van der Waals surface area contributed by atoms with Gasteiger partial charge in [0, 0.05) is 18.0 Å². The largest absolute Gasteiger partial charge is 0.508 e. The maximum absolute atomic E-state index is 9.91. The van der Waals surface area contributed by atoms with Gasteiger partial charge in [-0.15, -0.1) is 0 Å². The van der Waals surface area contributed by atoms with Crippen LogP contribution >= 0.6 is 0 Å². The van der Waals surface area contributed by atoms with Crippen molar-refractivity contribution in [1.82, 2.24) is 4.98 Å². The van der Waals surface area contributed by atoms with Crippen molar-refractivity contribution < 1.29 is 9.84 Å². The van der Waals surface area contributed by atoms with Gasteiger partial charge in [0.1, 0.15) is 23.1 Å². The average Bonchev–Trinajstić information content (AvgIpc) is 2.61. The first kappa shape index (κ1) is 14.1. The van der Waals surface area contributed by atoms with Crippen LogP contribution in [0.2, 0.25) is 0 Å². The molecule has 1 atom stereocenters. The Morgan fingerprint density at radius 1 is 1.21 bits per heavy atom. The third-order valence-corrected chi connectivity index (χ3v) is 4.21. The second kappa shape index (κ2) is 5.28. The molecule has 0 radical (unpaired) electrons. The number of hydrogen-bond acceptors (Lipinski definition) is 5. The molecule has 2 aromatic carbocycles. The Hall–Kier alpha value is -3.52. The number of allylic oxidation sites excluding steroid dienone is 1. The molecule has 5 heteroatoms. The summed E-state index contributed by atoms with van der Waals surface area (Å²) in [5, 5.41) is 21.3. The molecule has 3 N–H and O–H groups in total. The molecule has 116 valence electrons. The van der Waals surface area contributed by atoms with Crippen molar-refractivity contribution in [2.24, 2.45) is 5.73 Å². The second-order valence-corrected chi connectivity index (χ2v) is 5.59. The minimum atomic E-state index is -0.391. The van der Waals surface area contributed by atoms with Gasteiger partial charge in [-0.1, -0.05) is 18.2 Å². The van der Waals surface area contributed by atoms with Gasteiger partial charge in [-0.05, 0) is 40.6 Å². The van der Waals surface area contributed by atoms with E-state index in [1.165, 1.54) is 0 Å². The van der Waals surface area contributed by atoms with Crippen molar-refractivity contribution in [2.45, 2.75) is 5.92 Å². The topological polar surface area (TPSA) is 92.2 Å². The van der Waals surface area contributed by atoms with Gasteiger partial charge in [-0.2, -0.15) is 5.26 Å². The summed E-state index contributed by atoms with van der Waals surface area (Å²) in [6, 6.07) is 14.8. The molecule has 0 spiro atoms. The van der Waals surface area contributed by atoms with Gasteiger partial charge in [-0.25, -0.2) is 0 Å². The summed E-state index contributed by atoms with van der Waals surface area (Å²) >= 11 is 0. The fourth-order valence-electron chi connectivity index (χ4n) is 3.16. The lowest BCUT2D eigenvalue weighted by Gasteiger charge is -2.27. The minimum Gasteiger partial charge on any atom is -0.508 e. The molecule has 0 aliphatic carbocycles. The van der Waals surface area contributed by atoms with Crippen LogP contribution in [0.3, 0.4) is 0 Å². The van der Waals surface area contributed by atoms with E-state index in [2.05, 4.69) is 11.1 Å². The van der Waals surface area contributed by atoms with Crippen LogP contribution in [0.25, 0.3) is 10.8 Å². The number of rotatable bonds is 1. The predicted octanol–water partition coefficient (Wildman–Crippen LogP) is 3.16.